The maximum Gasteiger partial charge on any atom is 0.220 e. The highest BCUT2D eigenvalue weighted by Gasteiger charge is 2.44. The van der Waals surface area contributed by atoms with E-state index in [0.717, 1.165) is 64.2 Å². The van der Waals surface area contributed by atoms with E-state index in [1.54, 1.807) is 6.08 Å². The van der Waals surface area contributed by atoms with E-state index in [2.05, 4.69) is 67.8 Å². The summed E-state index contributed by atoms with van der Waals surface area (Å²) in [5.74, 6) is -0.197. The van der Waals surface area contributed by atoms with Gasteiger partial charge in [0.05, 0.1) is 25.4 Å². The molecule has 1 saturated heterocycles. The van der Waals surface area contributed by atoms with E-state index < -0.39 is 49.5 Å². The zero-order valence-corrected chi connectivity index (χ0v) is 49.5. The molecule has 0 aromatic rings. The van der Waals surface area contributed by atoms with Crippen molar-refractivity contribution in [2.45, 2.75) is 346 Å². The average Bonchev–Trinajstić information content (AvgIpc) is 3.42. The molecule has 0 aromatic heterocycles. The number of unbranched alkanes of at least 4 members (excludes halogenated alkanes) is 38. The summed E-state index contributed by atoms with van der Waals surface area (Å²) in [6.07, 6.45) is 70.3. The molecule has 444 valence electrons. The maximum absolute atomic E-state index is 13.1. The van der Waals surface area contributed by atoms with Gasteiger partial charge in [-0.1, -0.05) is 286 Å². The van der Waals surface area contributed by atoms with E-state index in [1.807, 2.05) is 6.08 Å². The molecule has 0 bridgehead atoms. The van der Waals surface area contributed by atoms with Gasteiger partial charge >= 0.3 is 0 Å². The van der Waals surface area contributed by atoms with Crippen molar-refractivity contribution < 1.29 is 39.8 Å². The van der Waals surface area contributed by atoms with Gasteiger partial charge in [0.15, 0.2) is 6.29 Å². The summed E-state index contributed by atoms with van der Waals surface area (Å²) in [4.78, 5) is 13.1. The van der Waals surface area contributed by atoms with Gasteiger partial charge in [0.25, 0.3) is 0 Å². The Balaban J connectivity index is 2.19. The molecular formula is C67H123NO8. The van der Waals surface area contributed by atoms with Gasteiger partial charge in [0, 0.05) is 6.42 Å². The minimum atomic E-state index is -1.58. The molecule has 0 spiro atoms. The van der Waals surface area contributed by atoms with Gasteiger partial charge in [-0.25, -0.2) is 0 Å². The quantitative estimate of drug-likeness (QED) is 0.0261. The molecule has 0 saturated carbocycles. The minimum Gasteiger partial charge on any atom is -0.394 e. The number of amides is 1. The van der Waals surface area contributed by atoms with Crippen molar-refractivity contribution in [3.05, 3.63) is 60.8 Å². The van der Waals surface area contributed by atoms with Gasteiger partial charge in [-0.15, -0.1) is 0 Å². The van der Waals surface area contributed by atoms with Crippen LogP contribution in [0.15, 0.2) is 60.8 Å². The largest absolute Gasteiger partial charge is 0.394 e. The topological polar surface area (TPSA) is 149 Å². The van der Waals surface area contributed by atoms with Crippen molar-refractivity contribution in [1.29, 1.82) is 0 Å². The first kappa shape index (κ1) is 71.9. The van der Waals surface area contributed by atoms with E-state index >= 15 is 0 Å². The molecule has 0 aromatic carbocycles. The van der Waals surface area contributed by atoms with Crippen LogP contribution in [0.1, 0.15) is 303 Å². The van der Waals surface area contributed by atoms with Gasteiger partial charge < -0.3 is 40.3 Å². The van der Waals surface area contributed by atoms with Crippen molar-refractivity contribution in [3.8, 4) is 0 Å². The molecule has 1 fully saturated rings. The molecule has 7 unspecified atom stereocenters. The van der Waals surface area contributed by atoms with Crippen LogP contribution in [0, 0.1) is 0 Å². The number of carbonyl (C=O) groups excluding carboxylic acids is 1. The van der Waals surface area contributed by atoms with Crippen LogP contribution in [0.5, 0.6) is 0 Å². The lowest BCUT2D eigenvalue weighted by molar-refractivity contribution is -0.302. The lowest BCUT2D eigenvalue weighted by Crippen LogP contribution is -2.60. The Morgan fingerprint density at radius 3 is 1.20 bits per heavy atom. The summed E-state index contributed by atoms with van der Waals surface area (Å²) in [7, 11) is 0. The van der Waals surface area contributed by atoms with Crippen LogP contribution in [0.4, 0.5) is 0 Å². The molecule has 9 heteroatoms. The third-order valence-electron chi connectivity index (χ3n) is 15.3. The summed E-state index contributed by atoms with van der Waals surface area (Å²) < 4.78 is 11.3. The molecule has 1 aliphatic heterocycles. The Labute approximate surface area is 468 Å². The highest BCUT2D eigenvalue weighted by atomic mass is 16.7. The Morgan fingerprint density at radius 1 is 0.447 bits per heavy atom. The number of allylic oxidation sites excluding steroid dienone is 9. The second-order valence-corrected chi connectivity index (χ2v) is 22.5. The number of carbonyl (C=O) groups is 1. The van der Waals surface area contributed by atoms with Gasteiger partial charge in [0.2, 0.25) is 5.91 Å². The van der Waals surface area contributed by atoms with Crippen molar-refractivity contribution in [3.63, 3.8) is 0 Å². The monoisotopic (exact) mass is 1070 g/mol. The Kier molecular flexibility index (Phi) is 53.1. The number of nitrogens with one attached hydrogen (secondary N) is 1. The minimum absolute atomic E-state index is 0.197. The molecule has 0 radical (unpaired) electrons. The number of rotatable bonds is 56. The highest BCUT2D eigenvalue weighted by Crippen LogP contribution is 2.23. The Hall–Kier alpha value is -2.11. The smallest absolute Gasteiger partial charge is 0.220 e. The number of hydrogen-bond acceptors (Lipinski definition) is 8. The van der Waals surface area contributed by atoms with Crippen LogP contribution < -0.4 is 5.32 Å². The van der Waals surface area contributed by atoms with Crippen LogP contribution in [0.25, 0.3) is 0 Å². The van der Waals surface area contributed by atoms with Crippen LogP contribution in [-0.2, 0) is 14.3 Å². The standard InChI is InChI=1S/C67H123NO8/c1-3-5-7-9-11-13-15-17-19-21-23-25-26-27-28-29-30-31-32-33-34-35-37-38-40-42-44-46-48-50-52-54-56-61(70)60(59-75-67-66(74)65(73)64(72)62(58-69)76-67)68-63(71)57-55-53-51-49-47-45-43-41-39-36-24-22-20-18-16-14-12-10-8-6-4-2/h16,18,22,24,39,41,46,48,54,56,60-62,64-67,69-70,72-74H,3-15,17,19-21,23,25-38,40,42-45,47,49-53,55,57-59H2,1-2H3,(H,68,71)/b18-16-,24-22-,41-39-,48-46+,56-54+. The third kappa shape index (κ3) is 44.7. The predicted molar refractivity (Wildman–Crippen MR) is 322 cm³/mol. The molecule has 1 rings (SSSR count). The summed E-state index contributed by atoms with van der Waals surface area (Å²) >= 11 is 0. The van der Waals surface area contributed by atoms with E-state index in [1.165, 1.54) is 218 Å². The molecule has 1 amide bonds. The fourth-order valence-electron chi connectivity index (χ4n) is 10.2. The SMILES string of the molecule is CCCCCCC/C=C\C/C=C\C/C=C\CCCCCCCCC(=O)NC(COC1OC(CO)C(O)C(O)C1O)C(O)/C=C/CC/C=C/CCCCCCCCCCCCCCCCCCCCCCCCCCCC. The molecule has 9 nitrogen and oxygen atoms in total. The van der Waals surface area contributed by atoms with E-state index in [-0.39, 0.29) is 12.5 Å². The van der Waals surface area contributed by atoms with Crippen molar-refractivity contribution in [2.24, 2.45) is 0 Å². The van der Waals surface area contributed by atoms with Crippen molar-refractivity contribution in [2.75, 3.05) is 13.2 Å². The summed E-state index contributed by atoms with van der Waals surface area (Å²) in [5, 5.41) is 54.6. The number of aliphatic hydroxyl groups excluding tert-OH is 5. The number of hydrogen-bond donors (Lipinski definition) is 6. The molecular weight excluding hydrogens is 947 g/mol. The highest BCUT2D eigenvalue weighted by molar-refractivity contribution is 5.76. The lowest BCUT2D eigenvalue weighted by atomic mass is 9.99. The fourth-order valence-corrected chi connectivity index (χ4v) is 10.2. The van der Waals surface area contributed by atoms with Crippen LogP contribution >= 0.6 is 0 Å². The zero-order chi connectivity index (χ0) is 55.0. The summed E-state index contributed by atoms with van der Waals surface area (Å²) in [6.45, 7) is 3.77. The van der Waals surface area contributed by atoms with Crippen LogP contribution in [-0.4, -0.2) is 87.5 Å². The second kappa shape index (κ2) is 56.2. The summed E-state index contributed by atoms with van der Waals surface area (Å²) in [6, 6.07) is -0.833. The molecule has 7 atom stereocenters. The van der Waals surface area contributed by atoms with Crippen molar-refractivity contribution in [1.82, 2.24) is 5.32 Å². The second-order valence-electron chi connectivity index (χ2n) is 22.5. The van der Waals surface area contributed by atoms with E-state index in [9.17, 15) is 30.3 Å². The fraction of sp³-hybridized carbons (Fsp3) is 0.836. The first-order valence-electron chi connectivity index (χ1n) is 32.5. The summed E-state index contributed by atoms with van der Waals surface area (Å²) in [5.41, 5.74) is 0. The molecule has 1 aliphatic rings. The third-order valence-corrected chi connectivity index (χ3v) is 15.3. The van der Waals surface area contributed by atoms with E-state index in [0.29, 0.717) is 6.42 Å². The first-order valence-corrected chi connectivity index (χ1v) is 32.5. The zero-order valence-electron chi connectivity index (χ0n) is 49.5. The van der Waals surface area contributed by atoms with E-state index in [4.69, 9.17) is 9.47 Å². The lowest BCUT2D eigenvalue weighted by Gasteiger charge is -2.40. The van der Waals surface area contributed by atoms with Crippen molar-refractivity contribution >= 4 is 5.91 Å². The molecule has 6 N–H and O–H groups in total. The Bertz CT molecular complexity index is 1380. The first-order chi connectivity index (χ1) is 37.3. The molecule has 76 heavy (non-hydrogen) atoms. The predicted octanol–water partition coefficient (Wildman–Crippen LogP) is 17.0. The average molecular weight is 1070 g/mol. The van der Waals surface area contributed by atoms with Gasteiger partial charge in [-0.05, 0) is 70.6 Å². The number of ether oxygens (including phenoxy) is 2. The molecule has 1 heterocycles. The number of aliphatic hydroxyl groups is 5. The Morgan fingerprint density at radius 2 is 0.789 bits per heavy atom. The van der Waals surface area contributed by atoms with Gasteiger partial charge in [-0.3, -0.25) is 4.79 Å². The van der Waals surface area contributed by atoms with Crippen LogP contribution in [0.2, 0.25) is 0 Å². The molecule has 0 aliphatic carbocycles. The van der Waals surface area contributed by atoms with Gasteiger partial charge in [0.1, 0.15) is 24.4 Å². The maximum atomic E-state index is 13.1. The van der Waals surface area contributed by atoms with Gasteiger partial charge in [-0.2, -0.15) is 0 Å². The normalized spacial score (nSPS) is 19.2. The van der Waals surface area contributed by atoms with Crippen LogP contribution in [0.3, 0.4) is 0 Å².